The third kappa shape index (κ3) is 4.14. The van der Waals surface area contributed by atoms with Gasteiger partial charge in [-0.3, -0.25) is 0 Å². The van der Waals surface area contributed by atoms with Crippen LogP contribution < -0.4 is 5.32 Å². The van der Waals surface area contributed by atoms with Gasteiger partial charge in [0.15, 0.2) is 0 Å². The molecule has 0 saturated heterocycles. The summed E-state index contributed by atoms with van der Waals surface area (Å²) in [5, 5.41) is 3.27. The van der Waals surface area contributed by atoms with Gasteiger partial charge in [-0.25, -0.2) is 0 Å². The van der Waals surface area contributed by atoms with Crippen molar-refractivity contribution >= 4 is 0 Å². The van der Waals surface area contributed by atoms with Gasteiger partial charge < -0.3 is 10.2 Å². The molecule has 0 aromatic heterocycles. The zero-order valence-electron chi connectivity index (χ0n) is 11.0. The van der Waals surface area contributed by atoms with E-state index in [1.807, 2.05) is 32.8 Å². The molecule has 0 aromatic rings. The van der Waals surface area contributed by atoms with Crippen molar-refractivity contribution in [3.8, 4) is 0 Å². The Labute approximate surface area is 102 Å². The summed E-state index contributed by atoms with van der Waals surface area (Å²) in [5.41, 5.74) is 0. The van der Waals surface area contributed by atoms with E-state index in [0.717, 1.165) is 0 Å². The molecule has 0 unspecified atom stereocenters. The van der Waals surface area contributed by atoms with Gasteiger partial charge in [0.05, 0.1) is 5.92 Å². The lowest BCUT2D eigenvalue weighted by molar-refractivity contribution is -0.186. The molecule has 0 heterocycles. The summed E-state index contributed by atoms with van der Waals surface area (Å²) in [5.74, 6) is -1.14. The van der Waals surface area contributed by atoms with Crippen LogP contribution in [-0.4, -0.2) is 43.3 Å². The predicted octanol–water partition coefficient (Wildman–Crippen LogP) is 2.65. The van der Waals surface area contributed by atoms with Crippen LogP contribution in [0.2, 0.25) is 0 Å². The maximum atomic E-state index is 12.7. The van der Waals surface area contributed by atoms with E-state index in [1.54, 1.807) is 0 Å². The molecule has 3 atom stereocenters. The van der Waals surface area contributed by atoms with Gasteiger partial charge in [-0.2, -0.15) is 13.2 Å². The summed E-state index contributed by atoms with van der Waals surface area (Å²) in [6.07, 6.45) is -2.98. The van der Waals surface area contributed by atoms with E-state index in [-0.39, 0.29) is 31.0 Å². The summed E-state index contributed by atoms with van der Waals surface area (Å²) in [4.78, 5) is 2.03. The quantitative estimate of drug-likeness (QED) is 0.830. The molecule has 0 amide bonds. The Morgan fingerprint density at radius 1 is 1.18 bits per heavy atom. The van der Waals surface area contributed by atoms with Crippen LogP contribution in [0, 0.1) is 5.92 Å². The highest BCUT2D eigenvalue weighted by molar-refractivity contribution is 4.92. The fourth-order valence-electron chi connectivity index (χ4n) is 2.68. The van der Waals surface area contributed by atoms with E-state index < -0.39 is 12.1 Å². The fourth-order valence-corrected chi connectivity index (χ4v) is 2.68. The highest BCUT2D eigenvalue weighted by Crippen LogP contribution is 2.38. The molecule has 1 N–H and O–H groups in total. The summed E-state index contributed by atoms with van der Waals surface area (Å²) >= 11 is 0. The molecule has 2 nitrogen and oxygen atoms in total. The zero-order chi connectivity index (χ0) is 13.2. The second kappa shape index (κ2) is 5.57. The third-order valence-electron chi connectivity index (χ3n) is 3.49. The van der Waals surface area contributed by atoms with E-state index in [4.69, 9.17) is 0 Å². The minimum Gasteiger partial charge on any atom is -0.310 e. The SMILES string of the molecule is CC(C)N[C@@H]1C[C@H](C(F)(F)F)CC[C@H]1N(C)C. The van der Waals surface area contributed by atoms with E-state index in [2.05, 4.69) is 5.32 Å². The van der Waals surface area contributed by atoms with Crippen LogP contribution in [0.15, 0.2) is 0 Å². The van der Waals surface area contributed by atoms with Crippen LogP contribution in [0.3, 0.4) is 0 Å². The first-order valence-corrected chi connectivity index (χ1v) is 6.21. The number of rotatable bonds is 3. The topological polar surface area (TPSA) is 15.3 Å². The van der Waals surface area contributed by atoms with E-state index in [9.17, 15) is 13.2 Å². The van der Waals surface area contributed by atoms with Gasteiger partial charge in [0.25, 0.3) is 0 Å². The lowest BCUT2D eigenvalue weighted by Gasteiger charge is -2.41. The lowest BCUT2D eigenvalue weighted by atomic mass is 9.81. The summed E-state index contributed by atoms with van der Waals surface area (Å²) in [6, 6.07) is 0.357. The summed E-state index contributed by atoms with van der Waals surface area (Å²) < 4.78 is 38.2. The standard InChI is InChI=1S/C12H23F3N2/c1-8(2)16-10-7-9(12(13,14)15)5-6-11(10)17(3)4/h8-11,16H,5-7H2,1-4H3/t9-,10-,11-/m1/s1. The van der Waals surface area contributed by atoms with Crippen molar-refractivity contribution in [3.63, 3.8) is 0 Å². The van der Waals surface area contributed by atoms with E-state index in [1.165, 1.54) is 0 Å². The molecular formula is C12H23F3N2. The van der Waals surface area contributed by atoms with E-state index >= 15 is 0 Å². The van der Waals surface area contributed by atoms with Crippen LogP contribution in [0.4, 0.5) is 13.2 Å². The molecule has 102 valence electrons. The number of nitrogens with zero attached hydrogens (tertiary/aromatic N) is 1. The Kier molecular flexibility index (Phi) is 4.84. The van der Waals surface area contributed by atoms with Crippen molar-refractivity contribution in [1.29, 1.82) is 0 Å². The number of hydrogen-bond donors (Lipinski definition) is 1. The maximum Gasteiger partial charge on any atom is 0.391 e. The monoisotopic (exact) mass is 252 g/mol. The Morgan fingerprint density at radius 2 is 1.76 bits per heavy atom. The molecular weight excluding hydrogens is 229 g/mol. The van der Waals surface area contributed by atoms with Gasteiger partial charge >= 0.3 is 6.18 Å². The number of nitrogens with one attached hydrogen (secondary N) is 1. The van der Waals surface area contributed by atoms with Crippen LogP contribution >= 0.6 is 0 Å². The van der Waals surface area contributed by atoms with E-state index in [0.29, 0.717) is 6.42 Å². The number of hydrogen-bond acceptors (Lipinski definition) is 2. The molecule has 1 aliphatic carbocycles. The number of alkyl halides is 3. The predicted molar refractivity (Wildman–Crippen MR) is 62.9 cm³/mol. The number of likely N-dealkylation sites (N-methyl/N-ethyl adjacent to an activating group) is 1. The molecule has 1 rings (SSSR count). The Bertz CT molecular complexity index is 238. The minimum absolute atomic E-state index is 0.0645. The van der Waals surface area contributed by atoms with Crippen molar-refractivity contribution in [3.05, 3.63) is 0 Å². The van der Waals surface area contributed by atoms with Gasteiger partial charge in [0.1, 0.15) is 0 Å². The van der Waals surface area contributed by atoms with Gasteiger partial charge in [0.2, 0.25) is 0 Å². The third-order valence-corrected chi connectivity index (χ3v) is 3.49. The molecule has 1 saturated carbocycles. The van der Waals surface area contributed by atoms with Crippen LogP contribution in [0.25, 0.3) is 0 Å². The lowest BCUT2D eigenvalue weighted by Crippen LogP contribution is -2.54. The average Bonchev–Trinajstić information content (AvgIpc) is 2.14. The van der Waals surface area contributed by atoms with Crippen molar-refractivity contribution in [2.45, 2.75) is 57.4 Å². The Balaban J connectivity index is 2.69. The molecule has 17 heavy (non-hydrogen) atoms. The van der Waals surface area contributed by atoms with Crippen molar-refractivity contribution in [1.82, 2.24) is 10.2 Å². The van der Waals surface area contributed by atoms with Gasteiger partial charge in [-0.1, -0.05) is 13.8 Å². The largest absolute Gasteiger partial charge is 0.391 e. The molecule has 0 radical (unpaired) electrons. The van der Waals surface area contributed by atoms with Crippen LogP contribution in [-0.2, 0) is 0 Å². The minimum atomic E-state index is -4.05. The first-order valence-electron chi connectivity index (χ1n) is 6.21. The first kappa shape index (κ1) is 14.8. The van der Waals surface area contributed by atoms with Crippen LogP contribution in [0.5, 0.6) is 0 Å². The molecule has 0 aliphatic heterocycles. The zero-order valence-corrected chi connectivity index (χ0v) is 11.0. The molecule has 0 aromatic carbocycles. The smallest absolute Gasteiger partial charge is 0.310 e. The van der Waals surface area contributed by atoms with Gasteiger partial charge in [0, 0.05) is 18.1 Å². The van der Waals surface area contributed by atoms with Gasteiger partial charge in [-0.15, -0.1) is 0 Å². The number of halogens is 3. The molecule has 0 bridgehead atoms. The molecule has 1 aliphatic rings. The molecule has 1 fully saturated rings. The normalized spacial score (nSPS) is 31.2. The Morgan fingerprint density at radius 3 is 2.18 bits per heavy atom. The highest BCUT2D eigenvalue weighted by Gasteiger charge is 2.45. The second-order valence-electron chi connectivity index (χ2n) is 5.51. The van der Waals surface area contributed by atoms with Gasteiger partial charge in [-0.05, 0) is 33.4 Å². The Hall–Kier alpha value is -0.290. The highest BCUT2D eigenvalue weighted by atomic mass is 19.4. The van der Waals surface area contributed by atoms with Crippen LogP contribution in [0.1, 0.15) is 33.1 Å². The fraction of sp³-hybridized carbons (Fsp3) is 1.00. The maximum absolute atomic E-state index is 12.7. The summed E-state index contributed by atoms with van der Waals surface area (Å²) in [7, 11) is 3.88. The molecule has 0 spiro atoms. The molecule has 5 heteroatoms. The average molecular weight is 252 g/mol. The van der Waals surface area contributed by atoms with Crippen molar-refractivity contribution in [2.24, 2.45) is 5.92 Å². The van der Waals surface area contributed by atoms with Crippen molar-refractivity contribution in [2.75, 3.05) is 14.1 Å². The van der Waals surface area contributed by atoms with Crippen molar-refractivity contribution < 1.29 is 13.2 Å². The second-order valence-corrected chi connectivity index (χ2v) is 5.51. The summed E-state index contributed by atoms with van der Waals surface area (Å²) in [6.45, 7) is 3.95. The first-order chi connectivity index (χ1) is 7.71.